The van der Waals surface area contributed by atoms with Gasteiger partial charge in [0.25, 0.3) is 0 Å². The number of esters is 1. The van der Waals surface area contributed by atoms with Gasteiger partial charge >= 0.3 is 5.97 Å². The number of carbonyl (C=O) groups is 2. The lowest BCUT2D eigenvalue weighted by Gasteiger charge is -2.36. The van der Waals surface area contributed by atoms with Gasteiger partial charge in [0.1, 0.15) is 6.10 Å². The number of hydrogen-bond acceptors (Lipinski definition) is 6. The highest BCUT2D eigenvalue weighted by atomic mass is 16.5. The van der Waals surface area contributed by atoms with Crippen LogP contribution >= 0.6 is 0 Å². The van der Waals surface area contributed by atoms with E-state index in [9.17, 15) is 9.59 Å². The zero-order chi connectivity index (χ0) is 18.4. The lowest BCUT2D eigenvalue weighted by atomic mass is 10.1. The van der Waals surface area contributed by atoms with Gasteiger partial charge in [-0.05, 0) is 12.1 Å². The van der Waals surface area contributed by atoms with E-state index in [4.69, 9.17) is 4.74 Å². The number of likely N-dealkylation sites (tertiary alicyclic amines) is 1. The summed E-state index contributed by atoms with van der Waals surface area (Å²) in [5.74, 6) is -0.0245. The third kappa shape index (κ3) is 5.17. The standard InChI is InChI=1S/C19H28N4O3/c1-16(24)22-10-4-18(5-11-22)26-19(25)6-9-21-12-14-23(15-13-21)17-2-7-20-8-3-17/h2-3,7-8,18H,4-6,9-15H2,1H3. The molecule has 0 N–H and O–H groups in total. The number of rotatable bonds is 5. The molecule has 2 fully saturated rings. The number of ether oxygens (including phenoxy) is 1. The van der Waals surface area contributed by atoms with Crippen molar-refractivity contribution in [2.75, 3.05) is 50.7 Å². The van der Waals surface area contributed by atoms with E-state index in [0.717, 1.165) is 45.6 Å². The third-order valence-corrected chi connectivity index (χ3v) is 5.22. The summed E-state index contributed by atoms with van der Waals surface area (Å²) < 4.78 is 5.58. The van der Waals surface area contributed by atoms with Gasteiger partial charge in [-0.25, -0.2) is 0 Å². The molecule has 0 bridgehead atoms. The van der Waals surface area contributed by atoms with Crippen molar-refractivity contribution in [2.45, 2.75) is 32.3 Å². The van der Waals surface area contributed by atoms with Gasteiger partial charge in [0.2, 0.25) is 5.91 Å². The molecule has 1 amide bonds. The number of piperidine rings is 1. The minimum Gasteiger partial charge on any atom is -0.462 e. The predicted molar refractivity (Wildman–Crippen MR) is 98.9 cm³/mol. The van der Waals surface area contributed by atoms with Crippen molar-refractivity contribution in [1.82, 2.24) is 14.8 Å². The van der Waals surface area contributed by atoms with Gasteiger partial charge < -0.3 is 14.5 Å². The lowest BCUT2D eigenvalue weighted by molar-refractivity contribution is -0.152. The van der Waals surface area contributed by atoms with Crippen molar-refractivity contribution < 1.29 is 14.3 Å². The molecule has 1 aromatic heterocycles. The van der Waals surface area contributed by atoms with Crippen LogP contribution in [0.15, 0.2) is 24.5 Å². The number of anilines is 1. The number of nitrogens with zero attached hydrogens (tertiary/aromatic N) is 4. The average Bonchev–Trinajstić information content (AvgIpc) is 2.68. The normalized spacial score (nSPS) is 19.4. The van der Waals surface area contributed by atoms with Crippen molar-refractivity contribution in [1.29, 1.82) is 0 Å². The maximum absolute atomic E-state index is 12.1. The first-order valence-electron chi connectivity index (χ1n) is 9.44. The Bertz CT molecular complexity index is 594. The quantitative estimate of drug-likeness (QED) is 0.734. The molecule has 0 aliphatic carbocycles. The van der Waals surface area contributed by atoms with Crippen LogP contribution in [0.5, 0.6) is 0 Å². The second-order valence-electron chi connectivity index (χ2n) is 6.98. The van der Waals surface area contributed by atoms with Crippen LogP contribution in [0, 0.1) is 0 Å². The molecular weight excluding hydrogens is 332 g/mol. The zero-order valence-electron chi connectivity index (χ0n) is 15.5. The Morgan fingerprint density at radius 3 is 2.35 bits per heavy atom. The van der Waals surface area contributed by atoms with E-state index < -0.39 is 0 Å². The number of pyridine rings is 1. The zero-order valence-corrected chi connectivity index (χ0v) is 15.5. The maximum Gasteiger partial charge on any atom is 0.307 e. The van der Waals surface area contributed by atoms with Crippen LogP contribution in [0.4, 0.5) is 5.69 Å². The van der Waals surface area contributed by atoms with Crippen LogP contribution in [0.2, 0.25) is 0 Å². The summed E-state index contributed by atoms with van der Waals surface area (Å²) in [6.07, 6.45) is 5.52. The Morgan fingerprint density at radius 2 is 1.73 bits per heavy atom. The molecule has 0 atom stereocenters. The summed E-state index contributed by atoms with van der Waals surface area (Å²) in [6.45, 7) is 7.52. The van der Waals surface area contributed by atoms with Crippen molar-refractivity contribution in [3.8, 4) is 0 Å². The highest BCUT2D eigenvalue weighted by Gasteiger charge is 2.24. The van der Waals surface area contributed by atoms with E-state index in [1.165, 1.54) is 5.69 Å². The Labute approximate surface area is 154 Å². The van der Waals surface area contributed by atoms with Crippen LogP contribution in [0.3, 0.4) is 0 Å². The van der Waals surface area contributed by atoms with Gasteiger partial charge in [-0.15, -0.1) is 0 Å². The van der Waals surface area contributed by atoms with E-state index in [-0.39, 0.29) is 18.0 Å². The second kappa shape index (κ2) is 8.98. The summed E-state index contributed by atoms with van der Waals surface area (Å²) in [4.78, 5) is 34.0. The minimum absolute atomic E-state index is 0.0402. The number of hydrogen-bond donors (Lipinski definition) is 0. The predicted octanol–water partition coefficient (Wildman–Crippen LogP) is 1.15. The van der Waals surface area contributed by atoms with Crippen LogP contribution in [-0.2, 0) is 14.3 Å². The SMILES string of the molecule is CC(=O)N1CCC(OC(=O)CCN2CCN(c3ccncc3)CC2)CC1. The van der Waals surface area contributed by atoms with Crippen molar-refractivity contribution >= 4 is 17.6 Å². The first kappa shape index (κ1) is 18.6. The Hall–Kier alpha value is -2.15. The number of aromatic nitrogens is 1. The van der Waals surface area contributed by atoms with Gasteiger partial charge in [-0.1, -0.05) is 0 Å². The third-order valence-electron chi connectivity index (χ3n) is 5.22. The van der Waals surface area contributed by atoms with E-state index in [1.807, 2.05) is 29.4 Å². The molecule has 2 aliphatic rings. The van der Waals surface area contributed by atoms with E-state index >= 15 is 0 Å². The molecule has 2 saturated heterocycles. The smallest absolute Gasteiger partial charge is 0.307 e. The highest BCUT2D eigenvalue weighted by Crippen LogP contribution is 2.16. The summed E-state index contributed by atoms with van der Waals surface area (Å²) >= 11 is 0. The molecular formula is C19H28N4O3. The first-order chi connectivity index (χ1) is 12.6. The van der Waals surface area contributed by atoms with Crippen LogP contribution in [-0.4, -0.2) is 78.6 Å². The molecule has 7 heteroatoms. The monoisotopic (exact) mass is 360 g/mol. The summed E-state index contributed by atoms with van der Waals surface area (Å²) in [5, 5.41) is 0. The van der Waals surface area contributed by atoms with Crippen molar-refractivity contribution in [3.05, 3.63) is 24.5 Å². The fourth-order valence-electron chi connectivity index (χ4n) is 3.57. The van der Waals surface area contributed by atoms with Gasteiger partial charge in [0.15, 0.2) is 0 Å². The highest BCUT2D eigenvalue weighted by molar-refractivity contribution is 5.73. The number of carbonyl (C=O) groups excluding carboxylic acids is 2. The van der Waals surface area contributed by atoms with Crippen molar-refractivity contribution in [2.24, 2.45) is 0 Å². The van der Waals surface area contributed by atoms with Crippen LogP contribution in [0.25, 0.3) is 0 Å². The number of piperazine rings is 1. The Balaban J connectivity index is 1.32. The lowest BCUT2D eigenvalue weighted by Crippen LogP contribution is -2.47. The topological polar surface area (TPSA) is 66.0 Å². The molecule has 0 aromatic carbocycles. The van der Waals surface area contributed by atoms with E-state index in [2.05, 4.69) is 14.8 Å². The molecule has 0 saturated carbocycles. The van der Waals surface area contributed by atoms with Crippen LogP contribution in [0.1, 0.15) is 26.2 Å². The minimum atomic E-state index is -0.122. The Kier molecular flexibility index (Phi) is 6.44. The molecule has 3 rings (SSSR count). The molecule has 0 spiro atoms. The molecule has 26 heavy (non-hydrogen) atoms. The summed E-state index contributed by atoms with van der Waals surface area (Å²) in [5.41, 5.74) is 1.20. The van der Waals surface area contributed by atoms with E-state index in [0.29, 0.717) is 19.5 Å². The molecule has 2 aliphatic heterocycles. The molecule has 7 nitrogen and oxygen atoms in total. The van der Waals surface area contributed by atoms with Crippen LogP contribution < -0.4 is 4.90 Å². The fraction of sp³-hybridized carbons (Fsp3) is 0.632. The van der Waals surface area contributed by atoms with Gasteiger partial charge in [-0.2, -0.15) is 0 Å². The van der Waals surface area contributed by atoms with Gasteiger partial charge in [0, 0.05) is 83.7 Å². The maximum atomic E-state index is 12.1. The molecule has 0 radical (unpaired) electrons. The van der Waals surface area contributed by atoms with E-state index in [1.54, 1.807) is 6.92 Å². The summed E-state index contributed by atoms with van der Waals surface area (Å²) in [6, 6.07) is 4.06. The average molecular weight is 360 g/mol. The summed E-state index contributed by atoms with van der Waals surface area (Å²) in [7, 11) is 0. The first-order valence-corrected chi connectivity index (χ1v) is 9.44. The van der Waals surface area contributed by atoms with Gasteiger partial charge in [0.05, 0.1) is 6.42 Å². The fourth-order valence-corrected chi connectivity index (χ4v) is 3.57. The van der Waals surface area contributed by atoms with Crippen molar-refractivity contribution in [3.63, 3.8) is 0 Å². The van der Waals surface area contributed by atoms with Gasteiger partial charge in [-0.3, -0.25) is 19.5 Å². The second-order valence-corrected chi connectivity index (χ2v) is 6.98. The molecule has 3 heterocycles. The number of amides is 1. The molecule has 0 unspecified atom stereocenters. The molecule has 1 aromatic rings. The Morgan fingerprint density at radius 1 is 1.08 bits per heavy atom. The largest absolute Gasteiger partial charge is 0.462 e. The molecule has 142 valence electrons.